The molecule has 9 aromatic carbocycles. The highest BCUT2D eigenvalue weighted by molar-refractivity contribution is 6.20. The van der Waals surface area contributed by atoms with E-state index < -0.39 is 0 Å². The summed E-state index contributed by atoms with van der Waals surface area (Å²) in [6.45, 7) is 0. The van der Waals surface area contributed by atoms with Crippen molar-refractivity contribution < 1.29 is 8.83 Å². The summed E-state index contributed by atoms with van der Waals surface area (Å²) in [6, 6.07) is 73.1. The van der Waals surface area contributed by atoms with Crippen molar-refractivity contribution in [3.63, 3.8) is 0 Å². The van der Waals surface area contributed by atoms with Crippen molar-refractivity contribution in [3.8, 4) is 27.9 Å². The van der Waals surface area contributed by atoms with Gasteiger partial charge in [-0.2, -0.15) is 0 Å². The largest absolute Gasteiger partial charge is 0.454 e. The zero-order valence-corrected chi connectivity index (χ0v) is 31.3. The van der Waals surface area contributed by atoms with Gasteiger partial charge in [-0.15, -0.1) is 0 Å². The molecule has 0 aliphatic heterocycles. The van der Waals surface area contributed by atoms with Crippen LogP contribution in [0, 0.1) is 0 Å². The van der Waals surface area contributed by atoms with Crippen molar-refractivity contribution in [2.45, 2.75) is 0 Å². The maximum Gasteiger partial charge on any atom is 0.213 e. The quantitative estimate of drug-likeness (QED) is 0.170. The first kappa shape index (κ1) is 32.4. The van der Waals surface area contributed by atoms with Crippen LogP contribution in [0.4, 0.5) is 17.1 Å². The van der Waals surface area contributed by atoms with Gasteiger partial charge in [0.2, 0.25) is 5.71 Å². The fourth-order valence-corrected chi connectivity index (χ4v) is 8.97. The van der Waals surface area contributed by atoms with Crippen molar-refractivity contribution in [2.24, 2.45) is 0 Å². The Kier molecular flexibility index (Phi) is 7.20. The summed E-state index contributed by atoms with van der Waals surface area (Å²) in [5.74, 6) is 0. The fourth-order valence-electron chi connectivity index (χ4n) is 8.97. The summed E-state index contributed by atoms with van der Waals surface area (Å²) in [5.41, 5.74) is 13.4. The van der Waals surface area contributed by atoms with Crippen molar-refractivity contribution in [1.82, 2.24) is 4.57 Å². The molecule has 12 rings (SSSR count). The summed E-state index contributed by atoms with van der Waals surface area (Å²) in [7, 11) is 0. The van der Waals surface area contributed by atoms with E-state index in [1.807, 2.05) is 18.2 Å². The number of hydrogen-bond acceptors (Lipinski definition) is 3. The minimum Gasteiger partial charge on any atom is -0.454 e. The number of nitrogens with zero attached hydrogens (tertiary/aromatic N) is 2. The Balaban J connectivity index is 1.03. The van der Waals surface area contributed by atoms with Crippen LogP contribution in [-0.2, 0) is 0 Å². The molecule has 272 valence electrons. The average Bonchev–Trinajstić information content (AvgIpc) is 3.96. The molecule has 0 fully saturated rings. The van der Waals surface area contributed by atoms with Gasteiger partial charge < -0.3 is 13.7 Å². The molecule has 3 aromatic heterocycles. The second kappa shape index (κ2) is 12.9. The minimum absolute atomic E-state index is 0.855. The average molecular weight is 743 g/mol. The molecule has 0 bridgehead atoms. The second-order valence-electron chi connectivity index (χ2n) is 14.9. The second-order valence-corrected chi connectivity index (χ2v) is 14.9. The summed E-state index contributed by atoms with van der Waals surface area (Å²) in [5, 5.41) is 7.95. The zero-order valence-electron chi connectivity index (χ0n) is 31.3. The lowest BCUT2D eigenvalue weighted by molar-refractivity contribution is 0.645. The molecule has 3 heterocycles. The van der Waals surface area contributed by atoms with Crippen LogP contribution in [0.25, 0.3) is 93.6 Å². The molecule has 0 saturated carbocycles. The van der Waals surface area contributed by atoms with Gasteiger partial charge in [-0.3, -0.25) is 4.57 Å². The van der Waals surface area contributed by atoms with Crippen molar-refractivity contribution >= 4 is 82.7 Å². The number of fused-ring (bicyclic) bond motifs is 9. The molecule has 4 nitrogen and oxygen atoms in total. The standard InChI is InChI=1S/C54H34N2O2/c1-3-14-36(15-4-1)40-31-32-48(42-19-8-7-18-41(40)42)55(49-24-13-22-44-43-20-10-12-25-50(43)57-53(44)49)39-29-26-35(27-30-39)37-28-33-51-46(34-37)52-45-21-9-11-23-47(45)56(54(52)58-51)38-16-5-2-6-17-38/h1-34H. The maximum atomic E-state index is 6.68. The van der Waals surface area contributed by atoms with Crippen LogP contribution >= 0.6 is 0 Å². The summed E-state index contributed by atoms with van der Waals surface area (Å²) in [6.07, 6.45) is 0. The maximum absolute atomic E-state index is 6.68. The molecule has 0 aliphatic carbocycles. The smallest absolute Gasteiger partial charge is 0.213 e. The Morgan fingerprint density at radius 2 is 1.03 bits per heavy atom. The predicted octanol–water partition coefficient (Wildman–Crippen LogP) is 15.4. The summed E-state index contributed by atoms with van der Waals surface area (Å²) < 4.78 is 15.5. The number of aromatic nitrogens is 1. The molecule has 58 heavy (non-hydrogen) atoms. The first-order valence-electron chi connectivity index (χ1n) is 19.7. The fraction of sp³-hybridized carbons (Fsp3) is 0. The molecular formula is C54H34N2O2. The Hall–Kier alpha value is -7.82. The van der Waals surface area contributed by atoms with E-state index in [2.05, 4.69) is 198 Å². The van der Waals surface area contributed by atoms with Crippen LogP contribution in [-0.4, -0.2) is 4.57 Å². The van der Waals surface area contributed by atoms with Crippen LogP contribution in [0.1, 0.15) is 0 Å². The van der Waals surface area contributed by atoms with E-state index in [1.165, 1.54) is 21.9 Å². The predicted molar refractivity (Wildman–Crippen MR) is 241 cm³/mol. The van der Waals surface area contributed by atoms with Crippen LogP contribution in [0.3, 0.4) is 0 Å². The van der Waals surface area contributed by atoms with Gasteiger partial charge in [-0.25, -0.2) is 0 Å². The highest BCUT2D eigenvalue weighted by atomic mass is 16.3. The van der Waals surface area contributed by atoms with Gasteiger partial charge in [0, 0.05) is 38.3 Å². The van der Waals surface area contributed by atoms with Crippen molar-refractivity contribution in [3.05, 3.63) is 206 Å². The number of furan rings is 2. The van der Waals surface area contributed by atoms with Gasteiger partial charge in [0.1, 0.15) is 11.2 Å². The number of rotatable bonds is 6. The van der Waals surface area contributed by atoms with E-state index in [0.717, 1.165) is 88.8 Å². The van der Waals surface area contributed by atoms with E-state index in [1.54, 1.807) is 0 Å². The van der Waals surface area contributed by atoms with Crippen LogP contribution in [0.5, 0.6) is 0 Å². The lowest BCUT2D eigenvalue weighted by Crippen LogP contribution is -2.11. The molecule has 0 saturated heterocycles. The van der Waals surface area contributed by atoms with E-state index in [-0.39, 0.29) is 0 Å². The van der Waals surface area contributed by atoms with Gasteiger partial charge in [0.25, 0.3) is 0 Å². The molecule has 0 unspecified atom stereocenters. The van der Waals surface area contributed by atoms with Gasteiger partial charge in [-0.05, 0) is 88.3 Å². The molecule has 0 radical (unpaired) electrons. The van der Waals surface area contributed by atoms with Gasteiger partial charge in [-0.1, -0.05) is 146 Å². The normalized spacial score (nSPS) is 11.8. The van der Waals surface area contributed by atoms with Gasteiger partial charge in [0.05, 0.1) is 22.3 Å². The molecule has 0 amide bonds. The molecule has 0 aliphatic rings. The van der Waals surface area contributed by atoms with E-state index in [9.17, 15) is 0 Å². The van der Waals surface area contributed by atoms with E-state index in [0.29, 0.717) is 0 Å². The third-order valence-electron chi connectivity index (χ3n) is 11.6. The Morgan fingerprint density at radius 3 is 1.86 bits per heavy atom. The number of para-hydroxylation sites is 4. The number of anilines is 3. The topological polar surface area (TPSA) is 34.5 Å². The molecule has 4 heteroatoms. The number of hydrogen-bond donors (Lipinski definition) is 0. The molecule has 12 aromatic rings. The van der Waals surface area contributed by atoms with E-state index in [4.69, 9.17) is 8.83 Å². The first-order valence-corrected chi connectivity index (χ1v) is 19.7. The molecular weight excluding hydrogens is 709 g/mol. The third-order valence-corrected chi connectivity index (χ3v) is 11.6. The lowest BCUT2D eigenvalue weighted by atomic mass is 9.96. The SMILES string of the molecule is c1ccc(-c2ccc(N(c3ccc(-c4ccc5oc6c(c5c4)c4ccccc4n6-c4ccccc4)cc3)c3cccc4c3oc3ccccc34)c3ccccc23)cc1. The van der Waals surface area contributed by atoms with Gasteiger partial charge >= 0.3 is 0 Å². The minimum atomic E-state index is 0.855. The van der Waals surface area contributed by atoms with Gasteiger partial charge in [0.15, 0.2) is 5.58 Å². The Labute approximate surface area is 334 Å². The molecule has 0 atom stereocenters. The van der Waals surface area contributed by atoms with Crippen LogP contribution in [0.15, 0.2) is 215 Å². The monoisotopic (exact) mass is 742 g/mol. The summed E-state index contributed by atoms with van der Waals surface area (Å²) >= 11 is 0. The highest BCUT2D eigenvalue weighted by Gasteiger charge is 2.23. The van der Waals surface area contributed by atoms with Crippen molar-refractivity contribution in [2.75, 3.05) is 4.90 Å². The lowest BCUT2D eigenvalue weighted by Gasteiger charge is -2.27. The van der Waals surface area contributed by atoms with Crippen LogP contribution in [0.2, 0.25) is 0 Å². The zero-order chi connectivity index (χ0) is 38.2. The highest BCUT2D eigenvalue weighted by Crippen LogP contribution is 2.46. The Morgan fingerprint density at radius 1 is 0.379 bits per heavy atom. The van der Waals surface area contributed by atoms with Crippen molar-refractivity contribution in [1.29, 1.82) is 0 Å². The molecule has 0 spiro atoms. The molecule has 0 N–H and O–H groups in total. The van der Waals surface area contributed by atoms with E-state index >= 15 is 0 Å². The first-order chi connectivity index (χ1) is 28.8. The summed E-state index contributed by atoms with van der Waals surface area (Å²) in [4.78, 5) is 2.35. The van der Waals surface area contributed by atoms with Crippen LogP contribution < -0.4 is 4.90 Å². The third kappa shape index (κ3) is 4.95. The Bertz CT molecular complexity index is 3500. The number of benzene rings is 9.